The normalized spacial score (nSPS) is 14.3. The molecule has 5 N–H and O–H groups in total. The van der Waals surface area contributed by atoms with Crippen LogP contribution in [0.2, 0.25) is 5.02 Å². The summed E-state index contributed by atoms with van der Waals surface area (Å²) in [4.78, 5) is 22.0. The molecule has 6 nitrogen and oxygen atoms in total. The van der Waals surface area contributed by atoms with Crippen LogP contribution in [0.1, 0.15) is 49.4 Å². The third-order valence-corrected chi connectivity index (χ3v) is 8.55. The van der Waals surface area contributed by atoms with Crippen LogP contribution in [0.4, 0.5) is 0 Å². The fourth-order valence-electron chi connectivity index (χ4n) is 3.92. The van der Waals surface area contributed by atoms with Gasteiger partial charge in [-0.3, -0.25) is 4.57 Å². The first-order valence-electron chi connectivity index (χ1n) is 11.8. The Bertz CT molecular complexity index is 1180. The van der Waals surface area contributed by atoms with E-state index < -0.39 is 18.8 Å². The summed E-state index contributed by atoms with van der Waals surface area (Å²) in [5.74, 6) is 0.739. The molecule has 0 aliphatic rings. The zero-order valence-corrected chi connectivity index (χ0v) is 22.7. The first-order valence-corrected chi connectivity index (χ1v) is 14.7. The summed E-state index contributed by atoms with van der Waals surface area (Å²) < 4.78 is 18.3. The molecule has 0 fully saturated rings. The number of nitrogens with two attached hydrogens (primary N) is 1. The maximum atomic E-state index is 12.4. The monoisotopic (exact) mass is 549 g/mol. The van der Waals surface area contributed by atoms with Crippen LogP contribution in [0, 0.1) is 0 Å². The lowest BCUT2D eigenvalue weighted by Crippen LogP contribution is -2.45. The lowest BCUT2D eigenvalue weighted by atomic mass is 9.87. The molecule has 2 unspecified atom stereocenters. The van der Waals surface area contributed by atoms with E-state index in [4.69, 9.17) is 22.1 Å². The molecular weight excluding hydrogens is 517 g/mol. The van der Waals surface area contributed by atoms with Crippen LogP contribution >= 0.6 is 31.0 Å². The van der Waals surface area contributed by atoms with Gasteiger partial charge in [0.2, 0.25) is 0 Å². The number of aliphatic hydroxyl groups excluding tert-OH is 1. The molecule has 0 aromatic heterocycles. The summed E-state index contributed by atoms with van der Waals surface area (Å²) in [7, 11) is -4.59. The van der Waals surface area contributed by atoms with Crippen LogP contribution in [-0.2, 0) is 11.2 Å². The number of hydrogen-bond acceptors (Lipinski definition) is 5. The second-order valence-electron chi connectivity index (χ2n) is 8.97. The van der Waals surface area contributed by atoms with Crippen molar-refractivity contribution in [1.29, 1.82) is 0 Å². The number of halogens is 1. The topological polar surface area (TPSA) is 113 Å². The molecule has 2 atom stereocenters. The first kappa shape index (κ1) is 28.7. The molecule has 0 aliphatic heterocycles. The van der Waals surface area contributed by atoms with E-state index in [9.17, 15) is 19.5 Å². The summed E-state index contributed by atoms with van der Waals surface area (Å²) >= 11 is 8.01. The number of unbranched alkanes of at least 4 members (excludes halogenated alkanes) is 1. The van der Waals surface area contributed by atoms with Crippen molar-refractivity contribution in [3.8, 4) is 5.75 Å². The van der Waals surface area contributed by atoms with Crippen LogP contribution < -0.4 is 10.5 Å². The molecule has 0 radical (unpaired) electrons. The molecule has 3 aromatic carbocycles. The van der Waals surface area contributed by atoms with Crippen molar-refractivity contribution in [2.45, 2.75) is 60.2 Å². The number of aliphatic hydroxyl groups is 1. The van der Waals surface area contributed by atoms with Crippen LogP contribution in [0.3, 0.4) is 0 Å². The molecule has 0 aliphatic carbocycles. The summed E-state index contributed by atoms with van der Waals surface area (Å²) in [5, 5.41) is 10.1. The van der Waals surface area contributed by atoms with Gasteiger partial charge in [-0.15, -0.1) is 0 Å². The second kappa shape index (κ2) is 13.1. The van der Waals surface area contributed by atoms with Crippen LogP contribution in [0.25, 0.3) is 0 Å². The summed E-state index contributed by atoms with van der Waals surface area (Å²) in [6, 6.07) is 22.7. The van der Waals surface area contributed by atoms with E-state index in [-0.39, 0.29) is 18.1 Å². The van der Waals surface area contributed by atoms with E-state index in [0.717, 1.165) is 33.9 Å². The van der Waals surface area contributed by atoms with Crippen molar-refractivity contribution >= 4 is 31.0 Å². The summed E-state index contributed by atoms with van der Waals surface area (Å²) in [6.07, 6.45) is 2.01. The first-order chi connectivity index (χ1) is 17.1. The van der Waals surface area contributed by atoms with Crippen molar-refractivity contribution in [1.82, 2.24) is 0 Å². The Kier molecular flexibility index (Phi) is 10.5. The molecular formula is C27H33ClNO5PS. The van der Waals surface area contributed by atoms with E-state index >= 15 is 0 Å². The third-order valence-electron chi connectivity index (χ3n) is 5.97. The van der Waals surface area contributed by atoms with Gasteiger partial charge in [0.15, 0.2) is 0 Å². The Hall–Kier alpha value is -1.83. The van der Waals surface area contributed by atoms with Crippen molar-refractivity contribution in [3.05, 3.63) is 88.9 Å². The minimum atomic E-state index is -4.59. The molecule has 0 amide bonds. The minimum Gasteiger partial charge on any atom is -0.489 e. The average Bonchev–Trinajstić information content (AvgIpc) is 2.86. The highest BCUT2D eigenvalue weighted by Crippen LogP contribution is 2.57. The summed E-state index contributed by atoms with van der Waals surface area (Å²) in [6.45, 7) is 2.10. The smallest absolute Gasteiger partial charge is 0.333 e. The molecule has 0 saturated carbocycles. The van der Waals surface area contributed by atoms with Crippen molar-refractivity contribution in [2.24, 2.45) is 5.73 Å². The minimum absolute atomic E-state index is 0.0687. The molecule has 194 valence electrons. The van der Waals surface area contributed by atoms with E-state index in [2.05, 4.69) is 0 Å². The second-order valence-corrected chi connectivity index (χ2v) is 12.3. The average molecular weight is 550 g/mol. The lowest BCUT2D eigenvalue weighted by Gasteiger charge is -2.32. The Labute approximate surface area is 222 Å². The molecule has 0 saturated heterocycles. The quantitative estimate of drug-likeness (QED) is 0.179. The standard InChI is InChI=1S/C27H33ClNO5PS/c1-2-3-14-27(29,19-30)17-26(35(31,32)33)24-13-12-23(16-25(24)28)36-22-11-7-10-21(15-22)34-18-20-8-5-4-6-9-20/h4-13,15-16,26,30H,2-3,14,17-19,29H2,1H3,(H2,31,32,33). The maximum Gasteiger partial charge on any atom is 0.333 e. The summed E-state index contributed by atoms with van der Waals surface area (Å²) in [5.41, 5.74) is 5.43. The predicted molar refractivity (Wildman–Crippen MR) is 146 cm³/mol. The van der Waals surface area contributed by atoms with Gasteiger partial charge in [0, 0.05) is 20.4 Å². The fourth-order valence-corrected chi connectivity index (χ4v) is 6.46. The van der Waals surface area contributed by atoms with E-state index in [1.807, 2.05) is 61.5 Å². The molecule has 0 heterocycles. The zero-order valence-electron chi connectivity index (χ0n) is 20.2. The van der Waals surface area contributed by atoms with E-state index in [0.29, 0.717) is 18.6 Å². The predicted octanol–water partition coefficient (Wildman–Crippen LogP) is 6.56. The molecule has 3 aromatic rings. The molecule has 9 heteroatoms. The van der Waals surface area contributed by atoms with Gasteiger partial charge in [-0.2, -0.15) is 0 Å². The number of benzene rings is 3. The van der Waals surface area contributed by atoms with Crippen molar-refractivity contribution < 1.29 is 24.2 Å². The molecule has 36 heavy (non-hydrogen) atoms. The SMILES string of the molecule is CCCCC(N)(CO)CC(c1ccc(Sc2cccc(OCc3ccccc3)c2)cc1Cl)P(=O)(O)O. The van der Waals surface area contributed by atoms with Crippen LogP contribution in [0.5, 0.6) is 5.75 Å². The van der Waals surface area contributed by atoms with Gasteiger partial charge >= 0.3 is 7.60 Å². The highest BCUT2D eigenvalue weighted by molar-refractivity contribution is 7.99. The van der Waals surface area contributed by atoms with Crippen molar-refractivity contribution in [2.75, 3.05) is 6.61 Å². The Morgan fingerprint density at radius 2 is 1.78 bits per heavy atom. The van der Waals surface area contributed by atoms with Gasteiger partial charge in [0.25, 0.3) is 0 Å². The van der Waals surface area contributed by atoms with Gasteiger partial charge in [-0.1, -0.05) is 85.6 Å². The fraction of sp³-hybridized carbons (Fsp3) is 0.333. The Balaban J connectivity index is 1.75. The number of ether oxygens (including phenoxy) is 1. The van der Waals surface area contributed by atoms with Gasteiger partial charge in [-0.25, -0.2) is 0 Å². The zero-order chi connectivity index (χ0) is 26.2. The van der Waals surface area contributed by atoms with Gasteiger partial charge in [0.1, 0.15) is 12.4 Å². The molecule has 0 bridgehead atoms. The van der Waals surface area contributed by atoms with E-state index in [1.165, 1.54) is 11.8 Å². The van der Waals surface area contributed by atoms with Gasteiger partial charge < -0.3 is 25.4 Å². The Morgan fingerprint density at radius 3 is 2.42 bits per heavy atom. The number of hydrogen-bond donors (Lipinski definition) is 4. The van der Waals surface area contributed by atoms with Crippen molar-refractivity contribution in [3.63, 3.8) is 0 Å². The molecule has 0 spiro atoms. The van der Waals surface area contributed by atoms with Crippen LogP contribution in [0.15, 0.2) is 82.6 Å². The molecule has 3 rings (SSSR count). The number of rotatable bonds is 13. The maximum absolute atomic E-state index is 12.4. The van der Waals surface area contributed by atoms with Gasteiger partial charge in [-0.05, 0) is 54.3 Å². The highest BCUT2D eigenvalue weighted by Gasteiger charge is 2.39. The lowest BCUT2D eigenvalue weighted by molar-refractivity contribution is 0.171. The van der Waals surface area contributed by atoms with Gasteiger partial charge in [0.05, 0.1) is 12.3 Å². The highest BCUT2D eigenvalue weighted by atomic mass is 35.5. The van der Waals surface area contributed by atoms with Crippen LogP contribution in [-0.4, -0.2) is 27.0 Å². The largest absolute Gasteiger partial charge is 0.489 e. The Morgan fingerprint density at radius 1 is 1.06 bits per heavy atom. The third kappa shape index (κ3) is 8.35. The van der Waals surface area contributed by atoms with E-state index in [1.54, 1.807) is 18.2 Å².